The van der Waals surface area contributed by atoms with E-state index in [1.54, 1.807) is 6.07 Å². The summed E-state index contributed by atoms with van der Waals surface area (Å²) < 4.78 is 40.1. The maximum atomic E-state index is 12.3. The Hall–Kier alpha value is -2.50. The van der Waals surface area contributed by atoms with Gasteiger partial charge in [0.05, 0.1) is 0 Å². The average molecular weight is 323 g/mol. The van der Waals surface area contributed by atoms with Gasteiger partial charge in [-0.15, -0.1) is 13.2 Å². The number of amides is 1. The van der Waals surface area contributed by atoms with Gasteiger partial charge in [0.2, 0.25) is 0 Å². The monoisotopic (exact) mass is 323 g/mol. The van der Waals surface area contributed by atoms with E-state index >= 15 is 0 Å². The van der Waals surface area contributed by atoms with Gasteiger partial charge in [-0.2, -0.15) is 0 Å². The van der Waals surface area contributed by atoms with Gasteiger partial charge in [0, 0.05) is 11.3 Å². The summed E-state index contributed by atoms with van der Waals surface area (Å²) in [5.74, 6) is -0.645. The zero-order valence-electron chi connectivity index (χ0n) is 12.9. The minimum atomic E-state index is -4.73. The predicted octanol–water partition coefficient (Wildman–Crippen LogP) is 4.76. The van der Waals surface area contributed by atoms with E-state index in [4.69, 9.17) is 0 Å². The summed E-state index contributed by atoms with van der Waals surface area (Å²) in [5.41, 5.74) is 3.84. The Morgan fingerprint density at radius 3 is 2.09 bits per heavy atom. The van der Waals surface area contributed by atoms with Gasteiger partial charge in [0.15, 0.2) is 0 Å². The summed E-state index contributed by atoms with van der Waals surface area (Å²) in [6.07, 6.45) is -4.73. The number of nitrogens with one attached hydrogen (secondary N) is 1. The molecule has 0 fully saturated rings. The van der Waals surface area contributed by atoms with Crippen molar-refractivity contribution in [2.75, 3.05) is 5.32 Å². The van der Waals surface area contributed by atoms with Gasteiger partial charge in [-0.3, -0.25) is 4.79 Å². The van der Waals surface area contributed by atoms with Crippen molar-refractivity contribution in [1.29, 1.82) is 0 Å². The molecule has 122 valence electrons. The van der Waals surface area contributed by atoms with Crippen LogP contribution in [0.3, 0.4) is 0 Å². The molecule has 0 aliphatic carbocycles. The van der Waals surface area contributed by atoms with Crippen LogP contribution in [-0.2, 0) is 0 Å². The number of hydrogen-bond donors (Lipinski definition) is 1. The summed E-state index contributed by atoms with van der Waals surface area (Å²) in [6.45, 7) is 5.71. The topological polar surface area (TPSA) is 38.3 Å². The number of anilines is 1. The van der Waals surface area contributed by atoms with Crippen LogP contribution in [0.5, 0.6) is 5.75 Å². The predicted molar refractivity (Wildman–Crippen MR) is 81.7 cm³/mol. The minimum Gasteiger partial charge on any atom is -0.406 e. The molecule has 0 aliphatic heterocycles. The van der Waals surface area contributed by atoms with Crippen LogP contribution in [0.1, 0.15) is 27.0 Å². The Bertz CT molecular complexity index is 722. The molecule has 0 heterocycles. The summed E-state index contributed by atoms with van der Waals surface area (Å²) in [5, 5.41) is 2.66. The molecule has 0 aliphatic rings. The van der Waals surface area contributed by atoms with Gasteiger partial charge in [-0.1, -0.05) is 6.07 Å². The first-order valence-corrected chi connectivity index (χ1v) is 6.91. The molecule has 0 saturated carbocycles. The van der Waals surface area contributed by atoms with Crippen molar-refractivity contribution < 1.29 is 22.7 Å². The first kappa shape index (κ1) is 16.9. The van der Waals surface area contributed by atoms with Gasteiger partial charge >= 0.3 is 6.36 Å². The molecule has 3 nitrogen and oxygen atoms in total. The van der Waals surface area contributed by atoms with Gasteiger partial charge in [0.25, 0.3) is 5.91 Å². The van der Waals surface area contributed by atoms with Crippen LogP contribution >= 0.6 is 0 Å². The van der Waals surface area contributed by atoms with Gasteiger partial charge in [-0.05, 0) is 67.8 Å². The number of halogens is 3. The first-order chi connectivity index (χ1) is 10.7. The fraction of sp³-hybridized carbons (Fsp3) is 0.235. The normalized spacial score (nSPS) is 11.2. The van der Waals surface area contributed by atoms with E-state index in [9.17, 15) is 18.0 Å². The molecule has 0 spiro atoms. The lowest BCUT2D eigenvalue weighted by Crippen LogP contribution is -2.17. The smallest absolute Gasteiger partial charge is 0.406 e. The van der Waals surface area contributed by atoms with Crippen LogP contribution in [0.4, 0.5) is 18.9 Å². The van der Waals surface area contributed by atoms with Crippen molar-refractivity contribution in [2.24, 2.45) is 0 Å². The Morgan fingerprint density at radius 2 is 1.52 bits per heavy atom. The molecule has 0 aromatic heterocycles. The fourth-order valence-electron chi connectivity index (χ4n) is 2.14. The molecule has 6 heteroatoms. The fourth-order valence-corrected chi connectivity index (χ4v) is 2.14. The van der Waals surface area contributed by atoms with Crippen LogP contribution in [-0.4, -0.2) is 12.3 Å². The lowest BCUT2D eigenvalue weighted by molar-refractivity contribution is -0.274. The second kappa shape index (κ2) is 6.32. The maximum Gasteiger partial charge on any atom is 0.573 e. The van der Waals surface area contributed by atoms with Gasteiger partial charge in [-0.25, -0.2) is 0 Å². The van der Waals surface area contributed by atoms with Gasteiger partial charge in [0.1, 0.15) is 5.75 Å². The molecule has 2 aromatic rings. The Morgan fingerprint density at radius 1 is 0.957 bits per heavy atom. The zero-order valence-corrected chi connectivity index (χ0v) is 12.9. The number of benzene rings is 2. The minimum absolute atomic E-state index is 0.310. The number of carbonyl (C=O) groups excluding carboxylic acids is 1. The third-order valence-electron chi connectivity index (χ3n) is 3.43. The van der Waals surface area contributed by atoms with E-state index in [1.165, 1.54) is 12.1 Å². The molecule has 0 bridgehead atoms. The van der Waals surface area contributed by atoms with E-state index < -0.39 is 6.36 Å². The van der Waals surface area contributed by atoms with Crippen LogP contribution in [0.15, 0.2) is 36.4 Å². The zero-order chi connectivity index (χ0) is 17.2. The quantitative estimate of drug-likeness (QED) is 0.884. The van der Waals surface area contributed by atoms with Crippen molar-refractivity contribution in [3.8, 4) is 5.75 Å². The highest BCUT2D eigenvalue weighted by Gasteiger charge is 2.30. The summed E-state index contributed by atoms with van der Waals surface area (Å²) in [7, 11) is 0. The van der Waals surface area contributed by atoms with Crippen molar-refractivity contribution in [1.82, 2.24) is 0 Å². The molecule has 0 radical (unpaired) electrons. The van der Waals surface area contributed by atoms with Crippen LogP contribution in [0, 0.1) is 20.8 Å². The highest BCUT2D eigenvalue weighted by molar-refractivity contribution is 6.05. The lowest BCUT2D eigenvalue weighted by atomic mass is 10.0. The van der Waals surface area contributed by atoms with E-state index in [2.05, 4.69) is 10.1 Å². The second-order valence-corrected chi connectivity index (χ2v) is 5.28. The van der Waals surface area contributed by atoms with Crippen LogP contribution in [0.2, 0.25) is 0 Å². The Balaban J connectivity index is 2.13. The summed E-state index contributed by atoms with van der Waals surface area (Å²) in [4.78, 5) is 12.3. The number of aryl methyl sites for hydroxylation is 3. The molecule has 1 N–H and O–H groups in total. The second-order valence-electron chi connectivity index (χ2n) is 5.28. The average Bonchev–Trinajstić information content (AvgIpc) is 2.43. The lowest BCUT2D eigenvalue weighted by Gasteiger charge is -2.12. The van der Waals surface area contributed by atoms with Crippen molar-refractivity contribution >= 4 is 11.6 Å². The SMILES string of the molecule is Cc1cc(C)c(C(=O)Nc2ccc(OC(F)(F)F)cc2)cc1C. The molecule has 2 aromatic carbocycles. The molecule has 0 atom stereocenters. The van der Waals surface area contributed by atoms with E-state index in [0.717, 1.165) is 28.8 Å². The molecule has 0 saturated heterocycles. The van der Waals surface area contributed by atoms with Crippen LogP contribution in [0.25, 0.3) is 0 Å². The molecule has 0 unspecified atom stereocenters. The molecular formula is C17H16F3NO2. The highest BCUT2D eigenvalue weighted by atomic mass is 19.4. The third kappa shape index (κ3) is 4.48. The van der Waals surface area contributed by atoms with Gasteiger partial charge < -0.3 is 10.1 Å². The highest BCUT2D eigenvalue weighted by Crippen LogP contribution is 2.24. The largest absolute Gasteiger partial charge is 0.573 e. The number of ether oxygens (including phenoxy) is 1. The van der Waals surface area contributed by atoms with Crippen molar-refractivity contribution in [2.45, 2.75) is 27.1 Å². The van der Waals surface area contributed by atoms with E-state index in [-0.39, 0.29) is 11.7 Å². The molecule has 1 amide bonds. The third-order valence-corrected chi connectivity index (χ3v) is 3.43. The van der Waals surface area contributed by atoms with E-state index in [0.29, 0.717) is 11.3 Å². The summed E-state index contributed by atoms with van der Waals surface area (Å²) in [6, 6.07) is 8.73. The molecule has 23 heavy (non-hydrogen) atoms. The number of carbonyl (C=O) groups is 1. The number of alkyl halides is 3. The number of rotatable bonds is 3. The standard InChI is InChI=1S/C17H16F3NO2/c1-10-8-12(3)15(9-11(10)2)16(22)21-13-4-6-14(7-5-13)23-17(18,19)20/h4-9H,1-3H3,(H,21,22). The van der Waals surface area contributed by atoms with Crippen molar-refractivity contribution in [3.63, 3.8) is 0 Å². The molecule has 2 rings (SSSR count). The van der Waals surface area contributed by atoms with Crippen molar-refractivity contribution in [3.05, 3.63) is 58.7 Å². The summed E-state index contributed by atoms with van der Waals surface area (Å²) >= 11 is 0. The first-order valence-electron chi connectivity index (χ1n) is 6.91. The maximum absolute atomic E-state index is 12.3. The Labute approximate surface area is 132 Å². The Kier molecular flexibility index (Phi) is 4.63. The van der Waals surface area contributed by atoms with Crippen LogP contribution < -0.4 is 10.1 Å². The molecular weight excluding hydrogens is 307 g/mol. The number of hydrogen-bond acceptors (Lipinski definition) is 2. The van der Waals surface area contributed by atoms with E-state index in [1.807, 2.05) is 26.8 Å².